The largest absolute Gasteiger partial charge is 0.495 e. The molecule has 0 radical (unpaired) electrons. The number of nitrogens with one attached hydrogen (secondary N) is 1. The molecule has 0 bridgehead atoms. The number of ether oxygens (including phenoxy) is 1. The van der Waals surface area contributed by atoms with Crippen LogP contribution in [0.2, 0.25) is 10.0 Å². The van der Waals surface area contributed by atoms with Gasteiger partial charge in [0.25, 0.3) is 5.24 Å². The Morgan fingerprint density at radius 3 is 2.40 bits per heavy atom. The van der Waals surface area contributed by atoms with Gasteiger partial charge >= 0.3 is 0 Å². The number of hydrogen-bond acceptors (Lipinski definition) is 3. The van der Waals surface area contributed by atoms with Crippen LogP contribution in [0.4, 0.5) is 10.5 Å². The van der Waals surface area contributed by atoms with E-state index in [1.807, 2.05) is 0 Å². The molecule has 0 saturated heterocycles. The summed E-state index contributed by atoms with van der Waals surface area (Å²) in [5, 5.41) is 3.72. The molecule has 104 valence electrons. The molecule has 0 aliphatic heterocycles. The lowest BCUT2D eigenvalue weighted by Gasteiger charge is -2.10. The zero-order valence-electron chi connectivity index (χ0n) is 10.5. The van der Waals surface area contributed by atoms with E-state index in [2.05, 4.69) is 5.32 Å². The van der Waals surface area contributed by atoms with Crippen LogP contribution in [-0.2, 0) is 0 Å². The number of amides is 1. The minimum atomic E-state index is -0.215. The van der Waals surface area contributed by atoms with E-state index in [0.717, 1.165) is 16.7 Å². The normalized spacial score (nSPS) is 10.2. The minimum Gasteiger partial charge on any atom is -0.495 e. The first kappa shape index (κ1) is 15.0. The second kappa shape index (κ2) is 6.88. The van der Waals surface area contributed by atoms with Crippen LogP contribution >= 0.6 is 35.0 Å². The Morgan fingerprint density at radius 2 is 1.75 bits per heavy atom. The maximum absolute atomic E-state index is 12.0. The van der Waals surface area contributed by atoms with Gasteiger partial charge in [0.1, 0.15) is 5.75 Å². The topological polar surface area (TPSA) is 38.3 Å². The fourth-order valence-corrected chi connectivity index (χ4v) is 2.45. The summed E-state index contributed by atoms with van der Waals surface area (Å²) in [6, 6.07) is 12.1. The van der Waals surface area contributed by atoms with Crippen molar-refractivity contribution in [1.82, 2.24) is 0 Å². The first-order chi connectivity index (χ1) is 9.58. The molecule has 0 aromatic heterocycles. The Bertz CT molecular complexity index is 617. The molecule has 0 spiro atoms. The Hall–Kier alpha value is -1.36. The van der Waals surface area contributed by atoms with Crippen molar-refractivity contribution < 1.29 is 9.53 Å². The molecule has 2 aromatic carbocycles. The molecule has 2 rings (SSSR count). The number of halogens is 2. The maximum atomic E-state index is 12.0. The van der Waals surface area contributed by atoms with E-state index in [9.17, 15) is 4.79 Å². The van der Waals surface area contributed by atoms with Gasteiger partial charge in [-0.15, -0.1) is 0 Å². The highest BCUT2D eigenvalue weighted by Crippen LogP contribution is 2.30. The first-order valence-electron chi connectivity index (χ1n) is 5.66. The molecule has 0 atom stereocenters. The van der Waals surface area contributed by atoms with Gasteiger partial charge in [0, 0.05) is 21.0 Å². The molecule has 0 heterocycles. The van der Waals surface area contributed by atoms with E-state index in [4.69, 9.17) is 27.9 Å². The number of methoxy groups -OCH3 is 1. The molecule has 1 N–H and O–H groups in total. The molecule has 0 fully saturated rings. The van der Waals surface area contributed by atoms with Crippen LogP contribution in [0.5, 0.6) is 5.75 Å². The van der Waals surface area contributed by atoms with Gasteiger partial charge in [0.2, 0.25) is 0 Å². The standard InChI is InChI=1S/C14H11Cl2NO2S/c1-19-13-8-10(16)4-7-12(13)17-14(18)20-11-5-2-9(15)3-6-11/h2-8H,1H3,(H,17,18). The SMILES string of the molecule is COc1cc(Cl)ccc1NC(=O)Sc1ccc(Cl)cc1. The Balaban J connectivity index is 2.06. The van der Waals surface area contributed by atoms with E-state index in [1.165, 1.54) is 7.11 Å². The van der Waals surface area contributed by atoms with Crippen molar-refractivity contribution in [2.45, 2.75) is 4.90 Å². The first-order valence-corrected chi connectivity index (χ1v) is 7.23. The van der Waals surface area contributed by atoms with Gasteiger partial charge in [-0.3, -0.25) is 4.79 Å². The number of benzene rings is 2. The van der Waals surface area contributed by atoms with Crippen LogP contribution in [0.3, 0.4) is 0 Å². The van der Waals surface area contributed by atoms with E-state index in [1.54, 1.807) is 42.5 Å². The number of carbonyl (C=O) groups excluding carboxylic acids is 1. The highest BCUT2D eigenvalue weighted by molar-refractivity contribution is 8.13. The van der Waals surface area contributed by atoms with Gasteiger partial charge < -0.3 is 10.1 Å². The summed E-state index contributed by atoms with van der Waals surface area (Å²) in [5.41, 5.74) is 0.573. The molecular weight excluding hydrogens is 317 g/mol. The zero-order valence-corrected chi connectivity index (χ0v) is 12.9. The second-order valence-electron chi connectivity index (χ2n) is 3.81. The van der Waals surface area contributed by atoms with E-state index in [-0.39, 0.29) is 5.24 Å². The fourth-order valence-electron chi connectivity index (χ4n) is 1.51. The Labute approximate surface area is 131 Å². The van der Waals surface area contributed by atoms with Crippen molar-refractivity contribution in [3.05, 3.63) is 52.5 Å². The third-order valence-corrected chi connectivity index (χ3v) is 3.71. The van der Waals surface area contributed by atoms with E-state index >= 15 is 0 Å². The van der Waals surface area contributed by atoms with Gasteiger partial charge in [-0.1, -0.05) is 23.2 Å². The summed E-state index contributed by atoms with van der Waals surface area (Å²) < 4.78 is 5.17. The van der Waals surface area contributed by atoms with Gasteiger partial charge in [-0.2, -0.15) is 0 Å². The van der Waals surface area contributed by atoms with Crippen molar-refractivity contribution in [3.63, 3.8) is 0 Å². The summed E-state index contributed by atoms with van der Waals surface area (Å²) in [7, 11) is 1.52. The lowest BCUT2D eigenvalue weighted by molar-refractivity contribution is 0.269. The average Bonchev–Trinajstić information content (AvgIpc) is 2.43. The third kappa shape index (κ3) is 4.07. The van der Waals surface area contributed by atoms with Crippen LogP contribution in [0.25, 0.3) is 0 Å². The number of thioether (sulfide) groups is 1. The summed E-state index contributed by atoms with van der Waals surface area (Å²) in [5.74, 6) is 0.516. The van der Waals surface area contributed by atoms with Crippen molar-refractivity contribution in [1.29, 1.82) is 0 Å². The third-order valence-electron chi connectivity index (χ3n) is 2.42. The van der Waals surface area contributed by atoms with Gasteiger partial charge in [0.15, 0.2) is 0 Å². The molecule has 1 amide bonds. The summed E-state index contributed by atoms with van der Waals surface area (Å²) in [6.07, 6.45) is 0. The van der Waals surface area contributed by atoms with Crippen molar-refractivity contribution in [2.24, 2.45) is 0 Å². The second-order valence-corrected chi connectivity index (χ2v) is 5.73. The number of carbonyl (C=O) groups is 1. The van der Waals surface area contributed by atoms with Gasteiger partial charge in [-0.25, -0.2) is 0 Å². The van der Waals surface area contributed by atoms with Crippen molar-refractivity contribution in [3.8, 4) is 5.75 Å². The quantitative estimate of drug-likeness (QED) is 0.774. The predicted molar refractivity (Wildman–Crippen MR) is 84.3 cm³/mol. The Kier molecular flexibility index (Phi) is 5.17. The molecular formula is C14H11Cl2NO2S. The highest BCUT2D eigenvalue weighted by atomic mass is 35.5. The van der Waals surface area contributed by atoms with E-state index < -0.39 is 0 Å². The van der Waals surface area contributed by atoms with Gasteiger partial charge in [0.05, 0.1) is 12.8 Å². The molecule has 0 saturated carbocycles. The molecule has 0 aliphatic rings. The number of rotatable bonds is 3. The number of hydrogen-bond donors (Lipinski definition) is 1. The molecule has 2 aromatic rings. The lowest BCUT2D eigenvalue weighted by atomic mass is 10.3. The maximum Gasteiger partial charge on any atom is 0.288 e. The highest BCUT2D eigenvalue weighted by Gasteiger charge is 2.09. The summed E-state index contributed by atoms with van der Waals surface area (Å²) >= 11 is 12.7. The monoisotopic (exact) mass is 327 g/mol. The van der Waals surface area contributed by atoms with Crippen LogP contribution in [-0.4, -0.2) is 12.3 Å². The Morgan fingerprint density at radius 1 is 1.10 bits per heavy atom. The van der Waals surface area contributed by atoms with Crippen LogP contribution in [0.15, 0.2) is 47.4 Å². The average molecular weight is 328 g/mol. The molecule has 3 nitrogen and oxygen atoms in total. The van der Waals surface area contributed by atoms with Crippen molar-refractivity contribution >= 4 is 45.9 Å². The number of anilines is 1. The lowest BCUT2D eigenvalue weighted by Crippen LogP contribution is -2.06. The van der Waals surface area contributed by atoms with Crippen molar-refractivity contribution in [2.75, 3.05) is 12.4 Å². The molecule has 20 heavy (non-hydrogen) atoms. The molecule has 6 heteroatoms. The van der Waals surface area contributed by atoms with Crippen LogP contribution in [0, 0.1) is 0 Å². The van der Waals surface area contributed by atoms with Crippen LogP contribution in [0.1, 0.15) is 0 Å². The van der Waals surface area contributed by atoms with Crippen LogP contribution < -0.4 is 10.1 Å². The molecule has 0 unspecified atom stereocenters. The molecule has 0 aliphatic carbocycles. The summed E-state index contributed by atoms with van der Waals surface area (Å²) in [4.78, 5) is 12.8. The fraction of sp³-hybridized carbons (Fsp3) is 0.0714. The van der Waals surface area contributed by atoms with E-state index in [0.29, 0.717) is 21.5 Å². The summed E-state index contributed by atoms with van der Waals surface area (Å²) in [6.45, 7) is 0. The smallest absolute Gasteiger partial charge is 0.288 e. The zero-order chi connectivity index (χ0) is 14.5. The van der Waals surface area contributed by atoms with Gasteiger partial charge in [-0.05, 0) is 48.2 Å². The minimum absolute atomic E-state index is 0.215. The predicted octanol–water partition coefficient (Wildman–Crippen LogP) is 5.33.